The molecule has 1 rings (SSSR count). The van der Waals surface area contributed by atoms with Crippen LogP contribution >= 0.6 is 15.9 Å². The van der Waals surface area contributed by atoms with E-state index in [1.807, 2.05) is 0 Å². The van der Waals surface area contributed by atoms with Gasteiger partial charge in [0.1, 0.15) is 6.04 Å². The van der Waals surface area contributed by atoms with E-state index in [0.717, 1.165) is 0 Å². The van der Waals surface area contributed by atoms with Crippen molar-refractivity contribution in [2.45, 2.75) is 12.2 Å². The highest BCUT2D eigenvalue weighted by molar-refractivity contribution is 9.10. The Bertz CT molecular complexity index is 427. The van der Waals surface area contributed by atoms with Crippen LogP contribution in [0, 0.1) is 23.3 Å². The molecule has 17 heavy (non-hydrogen) atoms. The molecule has 1 aromatic rings. The minimum absolute atomic E-state index is 1.23. The summed E-state index contributed by atoms with van der Waals surface area (Å²) >= 11 is 2.16. The summed E-state index contributed by atoms with van der Waals surface area (Å²) in [6.45, 7) is 0. The minimum atomic E-state index is -5.23. The van der Waals surface area contributed by atoms with Gasteiger partial charge < -0.3 is 5.73 Å². The molecular weight excluding hydrogens is 323 g/mol. The molecular formula is C8H3BrF7N. The summed E-state index contributed by atoms with van der Waals surface area (Å²) in [6.07, 6.45) is -5.23. The Morgan fingerprint density at radius 2 is 1.24 bits per heavy atom. The Hall–Kier alpha value is -0.830. The molecule has 0 bridgehead atoms. The van der Waals surface area contributed by atoms with Crippen LogP contribution in [0.25, 0.3) is 0 Å². The van der Waals surface area contributed by atoms with Crippen molar-refractivity contribution in [3.05, 3.63) is 33.3 Å². The summed E-state index contributed by atoms with van der Waals surface area (Å²) in [5, 5.41) is 0. The average Bonchev–Trinajstić information content (AvgIpc) is 2.22. The molecule has 9 heteroatoms. The maximum absolute atomic E-state index is 13.1. The summed E-state index contributed by atoms with van der Waals surface area (Å²) in [5.41, 5.74) is 2.62. The molecule has 0 saturated heterocycles. The number of rotatable bonds is 1. The zero-order valence-corrected chi connectivity index (χ0v) is 9.26. The van der Waals surface area contributed by atoms with Crippen LogP contribution in [0.3, 0.4) is 0 Å². The van der Waals surface area contributed by atoms with E-state index in [4.69, 9.17) is 0 Å². The lowest BCUT2D eigenvalue weighted by molar-refractivity contribution is -0.150. The number of benzene rings is 1. The standard InChI is InChI=1S/C8H3BrF7N/c9-2-5(12)3(10)1(4(11)6(2)13)7(17)8(14,15)16/h7H,17H2/t7-/m0/s1. The summed E-state index contributed by atoms with van der Waals surface area (Å²) in [7, 11) is 0. The first-order valence-electron chi connectivity index (χ1n) is 3.92. The molecule has 96 valence electrons. The molecule has 0 aliphatic carbocycles. The number of alkyl halides is 3. The Balaban J connectivity index is 3.55. The maximum atomic E-state index is 13.1. The molecule has 0 heterocycles. The van der Waals surface area contributed by atoms with Gasteiger partial charge in [-0.2, -0.15) is 13.2 Å². The van der Waals surface area contributed by atoms with Gasteiger partial charge in [0.25, 0.3) is 0 Å². The number of nitrogens with two attached hydrogens (primary N) is 1. The third kappa shape index (κ3) is 2.39. The quantitative estimate of drug-likeness (QED) is 0.477. The zero-order chi connectivity index (χ0) is 13.5. The number of hydrogen-bond acceptors (Lipinski definition) is 1. The second-order valence-corrected chi connectivity index (χ2v) is 3.80. The highest BCUT2D eigenvalue weighted by atomic mass is 79.9. The molecule has 0 saturated carbocycles. The number of hydrogen-bond donors (Lipinski definition) is 1. The van der Waals surface area contributed by atoms with Crippen molar-refractivity contribution in [3.63, 3.8) is 0 Å². The first-order valence-corrected chi connectivity index (χ1v) is 4.72. The second-order valence-electron chi connectivity index (χ2n) is 3.00. The zero-order valence-electron chi connectivity index (χ0n) is 7.68. The van der Waals surface area contributed by atoms with Gasteiger partial charge in [-0.15, -0.1) is 0 Å². The fourth-order valence-corrected chi connectivity index (χ4v) is 1.41. The first-order chi connectivity index (χ1) is 7.59. The molecule has 0 spiro atoms. The Morgan fingerprint density at radius 3 is 1.53 bits per heavy atom. The molecule has 1 nitrogen and oxygen atoms in total. The van der Waals surface area contributed by atoms with Crippen molar-refractivity contribution < 1.29 is 30.7 Å². The summed E-state index contributed by atoms with van der Waals surface area (Å²) in [4.78, 5) is 0. The van der Waals surface area contributed by atoms with Crippen LogP contribution in [0.15, 0.2) is 4.47 Å². The van der Waals surface area contributed by atoms with E-state index in [-0.39, 0.29) is 0 Å². The van der Waals surface area contributed by atoms with E-state index in [0.29, 0.717) is 0 Å². The molecule has 0 aliphatic heterocycles. The van der Waals surface area contributed by atoms with Gasteiger partial charge in [-0.05, 0) is 15.9 Å². The molecule has 0 fully saturated rings. The maximum Gasteiger partial charge on any atom is 0.407 e. The minimum Gasteiger partial charge on any atom is -0.316 e. The van der Waals surface area contributed by atoms with Gasteiger partial charge in [0.05, 0.1) is 10.0 Å². The molecule has 0 aromatic heterocycles. The fourth-order valence-electron chi connectivity index (χ4n) is 1.06. The van der Waals surface area contributed by atoms with Crippen molar-refractivity contribution in [2.75, 3.05) is 0 Å². The third-order valence-corrected chi connectivity index (χ3v) is 2.60. The molecule has 2 N–H and O–H groups in total. The lowest BCUT2D eigenvalue weighted by Gasteiger charge is -2.18. The monoisotopic (exact) mass is 325 g/mol. The van der Waals surface area contributed by atoms with Gasteiger partial charge in [-0.3, -0.25) is 0 Å². The highest BCUT2D eigenvalue weighted by Gasteiger charge is 2.43. The molecule has 0 radical (unpaired) electrons. The van der Waals surface area contributed by atoms with Gasteiger partial charge >= 0.3 is 6.18 Å². The Kier molecular flexibility index (Phi) is 3.72. The van der Waals surface area contributed by atoms with E-state index in [1.54, 1.807) is 0 Å². The third-order valence-electron chi connectivity index (χ3n) is 1.91. The van der Waals surface area contributed by atoms with Gasteiger partial charge in [0.2, 0.25) is 0 Å². The SMILES string of the molecule is N[C@@H](c1c(F)c(F)c(Br)c(F)c1F)C(F)(F)F. The van der Waals surface area contributed by atoms with E-state index >= 15 is 0 Å². The molecule has 0 aliphatic rings. The lowest BCUT2D eigenvalue weighted by atomic mass is 10.1. The summed E-state index contributed by atoms with van der Waals surface area (Å²) in [6, 6.07) is -3.15. The normalized spacial score (nSPS) is 13.9. The largest absolute Gasteiger partial charge is 0.407 e. The molecule has 1 atom stereocenters. The predicted octanol–water partition coefficient (Wildman–Crippen LogP) is 3.57. The first kappa shape index (κ1) is 14.2. The van der Waals surface area contributed by atoms with Crippen LogP contribution in [0.5, 0.6) is 0 Å². The van der Waals surface area contributed by atoms with E-state index in [2.05, 4.69) is 21.7 Å². The van der Waals surface area contributed by atoms with Crippen LogP contribution in [0.2, 0.25) is 0 Å². The second kappa shape index (κ2) is 4.45. The van der Waals surface area contributed by atoms with E-state index < -0.39 is 45.5 Å². The van der Waals surface area contributed by atoms with Crippen LogP contribution in [-0.2, 0) is 0 Å². The summed E-state index contributed by atoms with van der Waals surface area (Å²) in [5.74, 6) is -8.31. The lowest BCUT2D eigenvalue weighted by Crippen LogP contribution is -2.31. The van der Waals surface area contributed by atoms with Crippen LogP contribution in [0.1, 0.15) is 11.6 Å². The molecule has 0 unspecified atom stereocenters. The van der Waals surface area contributed by atoms with E-state index in [9.17, 15) is 30.7 Å². The van der Waals surface area contributed by atoms with Gasteiger partial charge in [0, 0.05) is 0 Å². The Morgan fingerprint density at radius 1 is 0.882 bits per heavy atom. The van der Waals surface area contributed by atoms with Crippen molar-refractivity contribution in [1.29, 1.82) is 0 Å². The predicted molar refractivity (Wildman–Crippen MR) is 47.0 cm³/mol. The van der Waals surface area contributed by atoms with Gasteiger partial charge in [0.15, 0.2) is 23.3 Å². The van der Waals surface area contributed by atoms with Crippen LogP contribution in [0.4, 0.5) is 30.7 Å². The van der Waals surface area contributed by atoms with Crippen molar-refractivity contribution in [2.24, 2.45) is 5.73 Å². The topological polar surface area (TPSA) is 26.0 Å². The molecule has 1 aromatic carbocycles. The van der Waals surface area contributed by atoms with Gasteiger partial charge in [-0.25, -0.2) is 17.6 Å². The fraction of sp³-hybridized carbons (Fsp3) is 0.250. The molecule has 0 amide bonds. The van der Waals surface area contributed by atoms with E-state index in [1.165, 1.54) is 0 Å². The van der Waals surface area contributed by atoms with Crippen LogP contribution < -0.4 is 5.73 Å². The van der Waals surface area contributed by atoms with Crippen molar-refractivity contribution >= 4 is 15.9 Å². The summed E-state index contributed by atoms with van der Waals surface area (Å²) < 4.78 is 87.2. The van der Waals surface area contributed by atoms with Crippen molar-refractivity contribution in [1.82, 2.24) is 0 Å². The highest BCUT2D eigenvalue weighted by Crippen LogP contribution is 2.37. The average molecular weight is 326 g/mol. The van der Waals surface area contributed by atoms with Crippen molar-refractivity contribution in [3.8, 4) is 0 Å². The number of halogens is 8. The Labute approximate surface area is 98.5 Å². The van der Waals surface area contributed by atoms with Crippen LogP contribution in [-0.4, -0.2) is 6.18 Å². The van der Waals surface area contributed by atoms with Gasteiger partial charge in [-0.1, -0.05) is 0 Å². The smallest absolute Gasteiger partial charge is 0.316 e.